The molecule has 1 aliphatic rings. The third kappa shape index (κ3) is 5.29. The minimum Gasteiger partial charge on any atom is -0.465 e. The van der Waals surface area contributed by atoms with Crippen molar-refractivity contribution in [2.24, 2.45) is 11.8 Å². The van der Waals surface area contributed by atoms with Crippen LogP contribution in [0.25, 0.3) is 0 Å². The number of nitrogens with one attached hydrogen (secondary N) is 1. The standard InChI is InChI=1S/C19H26N2O5/c1-12-5-13(2)10-21(9-12)11-17(22)20-16-7-14(18(23)25-3)6-15(8-16)19(24)26-4/h6-8,12-13H,5,9-11H2,1-4H3,(H,20,22)/t12-,13-/m0/s1. The predicted octanol–water partition coefficient (Wildman–Crippen LogP) is 2.18. The summed E-state index contributed by atoms with van der Waals surface area (Å²) in [7, 11) is 2.51. The molecule has 0 spiro atoms. The Morgan fingerprint density at radius 3 is 1.96 bits per heavy atom. The summed E-state index contributed by atoms with van der Waals surface area (Å²) in [5.41, 5.74) is 0.702. The Bertz CT molecular complexity index is 644. The average Bonchev–Trinajstić information content (AvgIpc) is 2.58. The monoisotopic (exact) mass is 362 g/mol. The van der Waals surface area contributed by atoms with Crippen LogP contribution < -0.4 is 5.32 Å². The number of nitrogens with zero attached hydrogens (tertiary/aromatic N) is 1. The van der Waals surface area contributed by atoms with Crippen molar-refractivity contribution in [1.82, 2.24) is 4.90 Å². The summed E-state index contributed by atoms with van der Waals surface area (Å²) in [5, 5.41) is 2.76. The lowest BCUT2D eigenvalue weighted by atomic mass is 9.92. The van der Waals surface area contributed by atoms with E-state index >= 15 is 0 Å². The second-order valence-electron chi connectivity index (χ2n) is 6.97. The van der Waals surface area contributed by atoms with Gasteiger partial charge in [0.1, 0.15) is 0 Å². The Morgan fingerprint density at radius 2 is 1.50 bits per heavy atom. The normalized spacial score (nSPS) is 20.3. The van der Waals surface area contributed by atoms with E-state index in [2.05, 4.69) is 24.1 Å². The van der Waals surface area contributed by atoms with Crippen molar-refractivity contribution in [2.75, 3.05) is 39.2 Å². The van der Waals surface area contributed by atoms with Gasteiger partial charge in [0, 0.05) is 18.8 Å². The number of methoxy groups -OCH3 is 2. The van der Waals surface area contributed by atoms with Crippen LogP contribution in [0, 0.1) is 11.8 Å². The Hall–Kier alpha value is -2.41. The van der Waals surface area contributed by atoms with E-state index in [4.69, 9.17) is 9.47 Å². The molecule has 1 amide bonds. The molecule has 1 aromatic carbocycles. The van der Waals surface area contributed by atoms with Crippen molar-refractivity contribution in [3.8, 4) is 0 Å². The average molecular weight is 362 g/mol. The van der Waals surface area contributed by atoms with Crippen molar-refractivity contribution in [3.63, 3.8) is 0 Å². The van der Waals surface area contributed by atoms with Crippen molar-refractivity contribution in [3.05, 3.63) is 29.3 Å². The quantitative estimate of drug-likeness (QED) is 0.808. The van der Waals surface area contributed by atoms with Gasteiger partial charge in [-0.3, -0.25) is 9.69 Å². The van der Waals surface area contributed by atoms with Gasteiger partial charge in [0.25, 0.3) is 0 Å². The number of amides is 1. The second-order valence-corrected chi connectivity index (χ2v) is 6.97. The molecule has 26 heavy (non-hydrogen) atoms. The van der Waals surface area contributed by atoms with E-state index in [-0.39, 0.29) is 23.6 Å². The van der Waals surface area contributed by atoms with Gasteiger partial charge in [0.05, 0.1) is 31.9 Å². The van der Waals surface area contributed by atoms with E-state index in [0.717, 1.165) is 13.1 Å². The number of anilines is 1. The molecule has 1 saturated heterocycles. The lowest BCUT2D eigenvalue weighted by Gasteiger charge is -2.34. The summed E-state index contributed by atoms with van der Waals surface area (Å²) >= 11 is 0. The van der Waals surface area contributed by atoms with Gasteiger partial charge in [-0.1, -0.05) is 13.8 Å². The van der Waals surface area contributed by atoms with E-state index in [1.165, 1.54) is 38.8 Å². The molecule has 1 N–H and O–H groups in total. The Balaban J connectivity index is 2.12. The molecule has 0 bridgehead atoms. The van der Waals surface area contributed by atoms with Gasteiger partial charge in [-0.25, -0.2) is 9.59 Å². The fraction of sp³-hybridized carbons (Fsp3) is 0.526. The van der Waals surface area contributed by atoms with Gasteiger partial charge in [-0.15, -0.1) is 0 Å². The van der Waals surface area contributed by atoms with Crippen LogP contribution in [-0.4, -0.2) is 56.6 Å². The Morgan fingerprint density at radius 1 is 1.00 bits per heavy atom. The lowest BCUT2D eigenvalue weighted by molar-refractivity contribution is -0.117. The third-order valence-corrected chi connectivity index (χ3v) is 4.37. The molecule has 7 heteroatoms. The van der Waals surface area contributed by atoms with Crippen LogP contribution in [0.1, 0.15) is 41.0 Å². The number of rotatable bonds is 5. The molecular formula is C19H26N2O5. The van der Waals surface area contributed by atoms with E-state index in [9.17, 15) is 14.4 Å². The van der Waals surface area contributed by atoms with Crippen LogP contribution in [0.4, 0.5) is 5.69 Å². The van der Waals surface area contributed by atoms with Crippen molar-refractivity contribution < 1.29 is 23.9 Å². The molecule has 1 aliphatic heterocycles. The number of hydrogen-bond acceptors (Lipinski definition) is 6. The molecule has 1 heterocycles. The molecule has 142 valence electrons. The van der Waals surface area contributed by atoms with Gasteiger partial charge in [0.15, 0.2) is 0 Å². The number of hydrogen-bond donors (Lipinski definition) is 1. The summed E-state index contributed by atoms with van der Waals surface area (Å²) < 4.78 is 9.40. The number of benzene rings is 1. The van der Waals surface area contributed by atoms with E-state index < -0.39 is 11.9 Å². The zero-order valence-electron chi connectivity index (χ0n) is 15.7. The highest BCUT2D eigenvalue weighted by atomic mass is 16.5. The zero-order chi connectivity index (χ0) is 19.3. The molecule has 2 rings (SSSR count). The Labute approximate surface area is 153 Å². The summed E-state index contributed by atoms with van der Waals surface area (Å²) in [6.45, 7) is 6.40. The minimum absolute atomic E-state index is 0.172. The molecule has 1 aromatic rings. The molecule has 2 atom stereocenters. The van der Waals surface area contributed by atoms with E-state index in [1.807, 2.05) is 0 Å². The topological polar surface area (TPSA) is 84.9 Å². The first kappa shape index (κ1) is 19.9. The van der Waals surface area contributed by atoms with Crippen LogP contribution in [-0.2, 0) is 14.3 Å². The van der Waals surface area contributed by atoms with Gasteiger partial charge in [0.2, 0.25) is 5.91 Å². The van der Waals surface area contributed by atoms with Crippen molar-refractivity contribution >= 4 is 23.5 Å². The first-order chi connectivity index (χ1) is 12.3. The molecule has 1 fully saturated rings. The Kier molecular flexibility index (Phi) is 6.74. The molecule has 0 saturated carbocycles. The highest BCUT2D eigenvalue weighted by Gasteiger charge is 2.23. The summed E-state index contributed by atoms with van der Waals surface area (Å²) in [6.07, 6.45) is 1.17. The van der Waals surface area contributed by atoms with Gasteiger partial charge >= 0.3 is 11.9 Å². The van der Waals surface area contributed by atoms with Crippen molar-refractivity contribution in [2.45, 2.75) is 20.3 Å². The largest absolute Gasteiger partial charge is 0.465 e. The maximum Gasteiger partial charge on any atom is 0.337 e. The number of carbonyl (C=O) groups excluding carboxylic acids is 3. The first-order valence-corrected chi connectivity index (χ1v) is 8.66. The first-order valence-electron chi connectivity index (χ1n) is 8.66. The maximum absolute atomic E-state index is 12.4. The third-order valence-electron chi connectivity index (χ3n) is 4.37. The number of carbonyl (C=O) groups is 3. The molecule has 0 radical (unpaired) electrons. The lowest BCUT2D eigenvalue weighted by Crippen LogP contribution is -2.42. The number of piperidine rings is 1. The molecule has 0 aliphatic carbocycles. The minimum atomic E-state index is -0.593. The number of likely N-dealkylation sites (tertiary alicyclic amines) is 1. The smallest absolute Gasteiger partial charge is 0.337 e. The van der Waals surface area contributed by atoms with Crippen LogP contribution in [0.2, 0.25) is 0 Å². The predicted molar refractivity (Wildman–Crippen MR) is 97.1 cm³/mol. The molecule has 7 nitrogen and oxygen atoms in total. The van der Waals surface area contributed by atoms with Crippen LogP contribution >= 0.6 is 0 Å². The number of ether oxygens (including phenoxy) is 2. The molecule has 0 aromatic heterocycles. The van der Waals surface area contributed by atoms with Crippen molar-refractivity contribution in [1.29, 1.82) is 0 Å². The van der Waals surface area contributed by atoms with E-state index in [0.29, 0.717) is 17.5 Å². The van der Waals surface area contributed by atoms with Gasteiger partial charge < -0.3 is 14.8 Å². The van der Waals surface area contributed by atoms with Crippen LogP contribution in [0.3, 0.4) is 0 Å². The highest BCUT2D eigenvalue weighted by Crippen LogP contribution is 2.21. The fourth-order valence-electron chi connectivity index (χ4n) is 3.50. The zero-order valence-corrected chi connectivity index (χ0v) is 15.7. The summed E-state index contributed by atoms with van der Waals surface area (Å²) in [6, 6.07) is 4.34. The molecule has 0 unspecified atom stereocenters. The maximum atomic E-state index is 12.4. The van der Waals surface area contributed by atoms with Gasteiger partial charge in [-0.2, -0.15) is 0 Å². The van der Waals surface area contributed by atoms with Crippen LogP contribution in [0.15, 0.2) is 18.2 Å². The summed E-state index contributed by atoms with van der Waals surface area (Å²) in [4.78, 5) is 38.2. The molecular weight excluding hydrogens is 336 g/mol. The van der Waals surface area contributed by atoms with Gasteiger partial charge in [-0.05, 0) is 36.5 Å². The van der Waals surface area contributed by atoms with Crippen LogP contribution in [0.5, 0.6) is 0 Å². The second kappa shape index (κ2) is 8.80. The SMILES string of the molecule is COC(=O)c1cc(NC(=O)CN2C[C@@H](C)C[C@H](C)C2)cc(C(=O)OC)c1. The fourth-order valence-corrected chi connectivity index (χ4v) is 3.50. The summed E-state index contributed by atoms with van der Waals surface area (Å²) in [5.74, 6) is -0.265. The van der Waals surface area contributed by atoms with E-state index in [1.54, 1.807) is 0 Å². The number of esters is 2. The highest BCUT2D eigenvalue weighted by molar-refractivity contribution is 5.99.